The fraction of sp³-hybridized carbons (Fsp3) is 0.643. The summed E-state index contributed by atoms with van der Waals surface area (Å²) in [7, 11) is 0. The van der Waals surface area contributed by atoms with Crippen molar-refractivity contribution >= 4 is 11.9 Å². The number of carbonyl (C=O) groups excluding carboxylic acids is 1. The number of aromatic nitrogens is 2. The first-order valence-electron chi connectivity index (χ1n) is 7.05. The summed E-state index contributed by atoms with van der Waals surface area (Å²) < 4.78 is 5.55. The third-order valence-corrected chi connectivity index (χ3v) is 4.39. The van der Waals surface area contributed by atoms with E-state index in [2.05, 4.69) is 15.3 Å². The minimum Gasteiger partial charge on any atom is -0.378 e. The summed E-state index contributed by atoms with van der Waals surface area (Å²) in [6.45, 7) is 4.54. The van der Waals surface area contributed by atoms with Gasteiger partial charge in [-0.25, -0.2) is 9.97 Å². The molecule has 20 heavy (non-hydrogen) atoms. The molecule has 0 bridgehead atoms. The molecule has 1 saturated heterocycles. The molecule has 1 aromatic rings. The van der Waals surface area contributed by atoms with Gasteiger partial charge in [-0.05, 0) is 26.7 Å². The molecule has 0 unspecified atom stereocenters. The second kappa shape index (κ2) is 5.01. The number of nitrogen functional groups attached to an aromatic ring is 1. The SMILES string of the molecule is Cc1nc(N)nc(C)c1CC(=O)N[C@@H]1C[C@H]2OCC[C@@H]12. The highest BCUT2D eigenvalue weighted by Crippen LogP contribution is 2.38. The highest BCUT2D eigenvalue weighted by atomic mass is 16.5. The van der Waals surface area contributed by atoms with Gasteiger partial charge in [-0.3, -0.25) is 4.79 Å². The molecular formula is C14H20N4O2. The zero-order valence-corrected chi connectivity index (χ0v) is 11.8. The van der Waals surface area contributed by atoms with Crippen LogP contribution in [0.25, 0.3) is 0 Å². The standard InChI is InChI=1S/C14H20N4O2/c1-7-10(8(2)17-14(15)16-7)5-13(19)18-11-6-12-9(11)3-4-20-12/h9,11-12H,3-6H2,1-2H3,(H,18,19)(H2,15,16,17)/t9-,11+,12+/m0/s1. The number of hydrogen-bond acceptors (Lipinski definition) is 5. The molecule has 1 aromatic heterocycles. The Morgan fingerprint density at radius 3 is 2.75 bits per heavy atom. The van der Waals surface area contributed by atoms with Crippen LogP contribution in [0.1, 0.15) is 29.8 Å². The van der Waals surface area contributed by atoms with Crippen LogP contribution in [0.15, 0.2) is 0 Å². The predicted octanol–water partition coefficient (Wildman–Crippen LogP) is 0.512. The Kier molecular flexibility index (Phi) is 3.33. The third kappa shape index (κ3) is 2.35. The molecule has 1 aliphatic heterocycles. The maximum Gasteiger partial charge on any atom is 0.224 e. The van der Waals surface area contributed by atoms with Gasteiger partial charge in [0, 0.05) is 35.5 Å². The molecule has 2 fully saturated rings. The number of fused-ring (bicyclic) bond motifs is 1. The van der Waals surface area contributed by atoms with E-state index in [1.807, 2.05) is 13.8 Å². The van der Waals surface area contributed by atoms with Crippen LogP contribution in [-0.4, -0.2) is 34.6 Å². The van der Waals surface area contributed by atoms with Gasteiger partial charge in [-0.2, -0.15) is 0 Å². The van der Waals surface area contributed by atoms with E-state index in [1.165, 1.54) is 0 Å². The van der Waals surface area contributed by atoms with Crippen LogP contribution >= 0.6 is 0 Å². The highest BCUT2D eigenvalue weighted by molar-refractivity contribution is 5.79. The molecule has 2 aliphatic rings. The second-order valence-electron chi connectivity index (χ2n) is 5.68. The van der Waals surface area contributed by atoms with Crippen LogP contribution < -0.4 is 11.1 Å². The molecule has 3 atom stereocenters. The Hall–Kier alpha value is -1.69. The topological polar surface area (TPSA) is 90.1 Å². The molecular weight excluding hydrogens is 256 g/mol. The molecule has 108 valence electrons. The fourth-order valence-electron chi connectivity index (χ4n) is 3.20. The van der Waals surface area contributed by atoms with E-state index >= 15 is 0 Å². The number of hydrogen-bond donors (Lipinski definition) is 2. The van der Waals surface area contributed by atoms with Crippen molar-refractivity contribution in [2.24, 2.45) is 5.92 Å². The highest BCUT2D eigenvalue weighted by Gasteiger charge is 2.45. The van der Waals surface area contributed by atoms with Gasteiger partial charge in [-0.15, -0.1) is 0 Å². The van der Waals surface area contributed by atoms with E-state index in [4.69, 9.17) is 10.5 Å². The molecule has 3 N–H and O–H groups in total. The van der Waals surface area contributed by atoms with Crippen molar-refractivity contribution in [1.29, 1.82) is 0 Å². The molecule has 6 heteroatoms. The van der Waals surface area contributed by atoms with Gasteiger partial charge in [-0.1, -0.05) is 0 Å². The lowest BCUT2D eigenvalue weighted by molar-refractivity contribution is -0.123. The summed E-state index contributed by atoms with van der Waals surface area (Å²) >= 11 is 0. The molecule has 1 amide bonds. The van der Waals surface area contributed by atoms with Crippen LogP contribution in [0, 0.1) is 19.8 Å². The largest absolute Gasteiger partial charge is 0.378 e. The van der Waals surface area contributed by atoms with Crippen molar-refractivity contribution in [2.75, 3.05) is 12.3 Å². The number of nitrogens with one attached hydrogen (secondary N) is 1. The Morgan fingerprint density at radius 2 is 2.10 bits per heavy atom. The van der Waals surface area contributed by atoms with Crippen LogP contribution in [-0.2, 0) is 16.0 Å². The average molecular weight is 276 g/mol. The lowest BCUT2D eigenvalue weighted by atomic mass is 9.76. The number of nitrogens with two attached hydrogens (primary N) is 1. The summed E-state index contributed by atoms with van der Waals surface area (Å²) in [4.78, 5) is 20.4. The van der Waals surface area contributed by atoms with Crippen LogP contribution in [0.3, 0.4) is 0 Å². The van der Waals surface area contributed by atoms with Crippen molar-refractivity contribution in [3.8, 4) is 0 Å². The van der Waals surface area contributed by atoms with Gasteiger partial charge < -0.3 is 15.8 Å². The van der Waals surface area contributed by atoms with Crippen molar-refractivity contribution < 1.29 is 9.53 Å². The average Bonchev–Trinajstić information content (AvgIpc) is 2.72. The predicted molar refractivity (Wildman–Crippen MR) is 74.0 cm³/mol. The summed E-state index contributed by atoms with van der Waals surface area (Å²) in [5, 5.41) is 3.10. The Labute approximate surface area is 118 Å². The summed E-state index contributed by atoms with van der Waals surface area (Å²) in [5.41, 5.74) is 8.02. The maximum absolute atomic E-state index is 12.2. The number of carbonyl (C=O) groups is 1. The number of rotatable bonds is 3. The van der Waals surface area contributed by atoms with Crippen LogP contribution in [0.4, 0.5) is 5.95 Å². The zero-order valence-electron chi connectivity index (χ0n) is 11.8. The monoisotopic (exact) mass is 276 g/mol. The summed E-state index contributed by atoms with van der Waals surface area (Å²) in [6, 6.07) is 0.269. The number of aryl methyl sites for hydroxylation is 2. The van der Waals surface area contributed by atoms with Crippen LogP contribution in [0.2, 0.25) is 0 Å². The molecule has 3 rings (SSSR count). The minimum atomic E-state index is 0.0277. The zero-order chi connectivity index (χ0) is 14.3. The van der Waals surface area contributed by atoms with E-state index in [1.54, 1.807) is 0 Å². The number of nitrogens with zero attached hydrogens (tertiary/aromatic N) is 2. The molecule has 0 spiro atoms. The second-order valence-corrected chi connectivity index (χ2v) is 5.68. The van der Waals surface area contributed by atoms with E-state index < -0.39 is 0 Å². The number of anilines is 1. The Morgan fingerprint density at radius 1 is 1.40 bits per heavy atom. The number of amides is 1. The van der Waals surface area contributed by atoms with Gasteiger partial charge in [0.1, 0.15) is 0 Å². The quantitative estimate of drug-likeness (QED) is 0.839. The van der Waals surface area contributed by atoms with E-state index in [0.29, 0.717) is 18.4 Å². The van der Waals surface area contributed by atoms with Gasteiger partial charge in [0.25, 0.3) is 0 Å². The molecule has 2 heterocycles. The van der Waals surface area contributed by atoms with E-state index in [-0.39, 0.29) is 17.9 Å². The Bertz CT molecular complexity index is 523. The first-order valence-corrected chi connectivity index (χ1v) is 7.05. The van der Waals surface area contributed by atoms with E-state index in [9.17, 15) is 4.79 Å². The molecule has 1 saturated carbocycles. The third-order valence-electron chi connectivity index (χ3n) is 4.39. The van der Waals surface area contributed by atoms with E-state index in [0.717, 1.165) is 36.4 Å². The first-order chi connectivity index (χ1) is 9.54. The summed E-state index contributed by atoms with van der Waals surface area (Å²) in [6.07, 6.45) is 2.67. The fourth-order valence-corrected chi connectivity index (χ4v) is 3.20. The van der Waals surface area contributed by atoms with Gasteiger partial charge in [0.05, 0.1) is 12.5 Å². The van der Waals surface area contributed by atoms with Crippen molar-refractivity contribution in [1.82, 2.24) is 15.3 Å². The summed E-state index contributed by atoms with van der Waals surface area (Å²) in [5.74, 6) is 0.790. The van der Waals surface area contributed by atoms with Gasteiger partial charge in [0.2, 0.25) is 11.9 Å². The molecule has 1 aliphatic carbocycles. The van der Waals surface area contributed by atoms with Crippen molar-refractivity contribution in [2.45, 2.75) is 45.3 Å². The Balaban J connectivity index is 1.62. The normalized spacial score (nSPS) is 27.8. The van der Waals surface area contributed by atoms with Gasteiger partial charge in [0.15, 0.2) is 0 Å². The minimum absolute atomic E-state index is 0.0277. The molecule has 0 aromatic carbocycles. The van der Waals surface area contributed by atoms with Crippen LogP contribution in [0.5, 0.6) is 0 Å². The maximum atomic E-state index is 12.2. The van der Waals surface area contributed by atoms with Gasteiger partial charge >= 0.3 is 0 Å². The first kappa shape index (κ1) is 13.3. The lowest BCUT2D eigenvalue weighted by Gasteiger charge is -2.39. The van der Waals surface area contributed by atoms with Crippen molar-refractivity contribution in [3.63, 3.8) is 0 Å². The number of ether oxygens (including phenoxy) is 1. The lowest BCUT2D eigenvalue weighted by Crippen LogP contribution is -2.53. The smallest absolute Gasteiger partial charge is 0.224 e. The molecule has 0 radical (unpaired) electrons. The molecule has 6 nitrogen and oxygen atoms in total. The van der Waals surface area contributed by atoms with Crippen molar-refractivity contribution in [3.05, 3.63) is 17.0 Å².